The number of hydrogen-bond acceptors (Lipinski definition) is 8. The van der Waals surface area contributed by atoms with E-state index >= 15 is 0 Å². The van der Waals surface area contributed by atoms with Crippen molar-refractivity contribution in [3.05, 3.63) is 24.3 Å². The molecule has 1 fully saturated rings. The van der Waals surface area contributed by atoms with Crippen molar-refractivity contribution < 1.29 is 39.8 Å². The van der Waals surface area contributed by atoms with Gasteiger partial charge in [-0.15, -0.1) is 0 Å². The van der Waals surface area contributed by atoms with Crippen LogP contribution < -0.4 is 5.32 Å². The van der Waals surface area contributed by atoms with Crippen LogP contribution in [0.4, 0.5) is 0 Å². The van der Waals surface area contributed by atoms with Crippen LogP contribution >= 0.6 is 0 Å². The highest BCUT2D eigenvalue weighted by molar-refractivity contribution is 5.76. The van der Waals surface area contributed by atoms with E-state index in [1.807, 2.05) is 6.08 Å². The molecule has 1 aliphatic rings. The number of nitrogens with one attached hydrogen (secondary N) is 1. The Kier molecular flexibility index (Phi) is 55.4. The fourth-order valence-corrected chi connectivity index (χ4v) is 11.2. The van der Waals surface area contributed by atoms with Gasteiger partial charge in [0.1, 0.15) is 24.4 Å². The van der Waals surface area contributed by atoms with Gasteiger partial charge in [0.25, 0.3) is 0 Å². The number of hydrogen-bond donors (Lipinski definition) is 6. The third-order valence-corrected chi connectivity index (χ3v) is 16.5. The summed E-state index contributed by atoms with van der Waals surface area (Å²) in [5, 5.41) is 54.7. The van der Waals surface area contributed by atoms with E-state index in [4.69, 9.17) is 9.47 Å². The summed E-state index contributed by atoms with van der Waals surface area (Å²) in [6, 6.07) is -0.819. The molecule has 7 atom stereocenters. The molecule has 0 aliphatic carbocycles. The van der Waals surface area contributed by atoms with Crippen LogP contribution in [-0.4, -0.2) is 87.5 Å². The summed E-state index contributed by atoms with van der Waals surface area (Å²) in [6.45, 7) is 3.82. The highest BCUT2D eigenvalue weighted by atomic mass is 16.7. The predicted molar refractivity (Wildman–Crippen MR) is 327 cm³/mol. The first-order chi connectivity index (χ1) is 37.8. The first-order valence-electron chi connectivity index (χ1n) is 34.1. The molecule has 0 radical (unpaired) electrons. The maximum absolute atomic E-state index is 13.1. The Morgan fingerprint density at radius 1 is 0.429 bits per heavy atom. The van der Waals surface area contributed by atoms with Crippen LogP contribution in [0.15, 0.2) is 24.3 Å². The second kappa shape index (κ2) is 57.9. The van der Waals surface area contributed by atoms with Crippen LogP contribution in [0, 0.1) is 0 Å². The van der Waals surface area contributed by atoms with Crippen molar-refractivity contribution in [2.24, 2.45) is 0 Å². The molecule has 9 heteroatoms. The number of aliphatic hydroxyl groups excluding tert-OH is 5. The lowest BCUT2D eigenvalue weighted by atomic mass is 9.99. The molecule has 1 rings (SSSR count). The van der Waals surface area contributed by atoms with E-state index in [0.717, 1.165) is 38.5 Å². The van der Waals surface area contributed by atoms with Crippen molar-refractivity contribution >= 4 is 5.91 Å². The van der Waals surface area contributed by atoms with E-state index in [0.29, 0.717) is 6.42 Å². The average Bonchev–Trinajstić information content (AvgIpc) is 3.43. The van der Waals surface area contributed by atoms with Crippen LogP contribution in [0.5, 0.6) is 0 Å². The molecule has 0 aromatic carbocycles. The van der Waals surface area contributed by atoms with Crippen molar-refractivity contribution in [3.8, 4) is 0 Å². The molecule has 1 heterocycles. The molecule has 9 nitrogen and oxygen atoms in total. The number of carbonyl (C=O) groups is 1. The minimum atomic E-state index is -1.57. The molecule has 77 heavy (non-hydrogen) atoms. The summed E-state index contributed by atoms with van der Waals surface area (Å²) >= 11 is 0. The number of amides is 1. The smallest absolute Gasteiger partial charge is 0.220 e. The largest absolute Gasteiger partial charge is 0.394 e. The number of rotatable bonds is 60. The lowest BCUT2D eigenvalue weighted by molar-refractivity contribution is -0.302. The van der Waals surface area contributed by atoms with Crippen molar-refractivity contribution in [3.63, 3.8) is 0 Å². The zero-order valence-electron chi connectivity index (χ0n) is 51.0. The Hall–Kier alpha value is -1.33. The van der Waals surface area contributed by atoms with Gasteiger partial charge in [0.2, 0.25) is 5.91 Å². The molecule has 6 N–H and O–H groups in total. The average molecular weight is 1090 g/mol. The minimum Gasteiger partial charge on any atom is -0.394 e. The second-order valence-corrected chi connectivity index (χ2v) is 24.0. The van der Waals surface area contributed by atoms with E-state index in [2.05, 4.69) is 31.3 Å². The molecule has 1 aliphatic heterocycles. The first-order valence-corrected chi connectivity index (χ1v) is 34.1. The molecular weight excluding hydrogens is 959 g/mol. The Balaban J connectivity index is 2.11. The Morgan fingerprint density at radius 3 is 1.09 bits per heavy atom. The van der Waals surface area contributed by atoms with Crippen molar-refractivity contribution in [2.45, 2.75) is 391 Å². The number of allylic oxidation sites excluding steroid dienone is 3. The highest BCUT2D eigenvalue weighted by Gasteiger charge is 2.44. The van der Waals surface area contributed by atoms with Gasteiger partial charge in [-0.25, -0.2) is 0 Å². The normalized spacial score (nSPS) is 18.8. The number of carbonyl (C=O) groups excluding carboxylic acids is 1. The van der Waals surface area contributed by atoms with Gasteiger partial charge in [-0.05, 0) is 32.1 Å². The Labute approximate surface area is 477 Å². The molecule has 0 saturated carbocycles. The fraction of sp³-hybridized carbons (Fsp3) is 0.926. The second-order valence-electron chi connectivity index (χ2n) is 24.0. The Bertz CT molecular complexity index is 1260. The Morgan fingerprint density at radius 2 is 0.740 bits per heavy atom. The lowest BCUT2D eigenvalue weighted by Crippen LogP contribution is -2.60. The van der Waals surface area contributed by atoms with Gasteiger partial charge in [-0.3, -0.25) is 4.79 Å². The molecule has 1 saturated heterocycles. The standard InChI is InChI=1S/C68H131NO8/c1-3-5-7-9-11-13-15-17-19-21-23-25-26-27-28-29-30-31-32-33-34-35-36-38-40-42-44-46-48-50-52-54-56-58-64(72)69-61(60-76-68-67(75)66(74)65(73)63(59-70)77-68)62(71)57-55-53-51-49-47-45-43-41-39-37-24-22-20-18-16-14-12-10-8-6-4-2/h47,49,55,57,61-63,65-68,70-71,73-75H,3-46,48,50-54,56,58-60H2,1-2H3,(H,69,72)/b49-47+,57-55+. The first kappa shape index (κ1) is 73.7. The fourth-order valence-electron chi connectivity index (χ4n) is 11.2. The van der Waals surface area contributed by atoms with Gasteiger partial charge < -0.3 is 40.3 Å². The SMILES string of the molecule is CCCCCCCCCCCCCCCCC/C=C/CC/C=C/C(O)C(COC1OC(CO)C(O)C(O)C1O)NC(=O)CCCCCCCCCCCCCCCCCCCCCCCCCCCCCCCCCCC. The van der Waals surface area contributed by atoms with E-state index in [1.54, 1.807) is 6.08 Å². The minimum absolute atomic E-state index is 0.178. The maximum Gasteiger partial charge on any atom is 0.220 e. The monoisotopic (exact) mass is 1090 g/mol. The summed E-state index contributed by atoms with van der Waals surface area (Å²) in [5.41, 5.74) is 0. The maximum atomic E-state index is 13.1. The summed E-state index contributed by atoms with van der Waals surface area (Å²) in [7, 11) is 0. The van der Waals surface area contributed by atoms with Gasteiger partial charge in [0, 0.05) is 6.42 Å². The van der Waals surface area contributed by atoms with Crippen LogP contribution in [0.25, 0.3) is 0 Å². The number of unbranched alkanes of at least 4 members (excludes halogenated alkanes) is 48. The van der Waals surface area contributed by atoms with Crippen LogP contribution in [-0.2, 0) is 14.3 Å². The topological polar surface area (TPSA) is 149 Å². The molecule has 0 bridgehead atoms. The van der Waals surface area contributed by atoms with E-state index in [-0.39, 0.29) is 12.5 Å². The third-order valence-electron chi connectivity index (χ3n) is 16.5. The van der Waals surface area contributed by atoms with Crippen LogP contribution in [0.3, 0.4) is 0 Å². The summed E-state index contributed by atoms with van der Waals surface area (Å²) in [6.07, 6.45) is 68.6. The zero-order valence-corrected chi connectivity index (χ0v) is 51.0. The van der Waals surface area contributed by atoms with E-state index in [1.165, 1.54) is 289 Å². The van der Waals surface area contributed by atoms with Gasteiger partial charge in [-0.1, -0.05) is 334 Å². The number of aliphatic hydroxyl groups is 5. The molecule has 456 valence electrons. The summed E-state index contributed by atoms with van der Waals surface area (Å²) < 4.78 is 11.3. The molecule has 0 spiro atoms. The van der Waals surface area contributed by atoms with Crippen LogP contribution in [0.1, 0.15) is 348 Å². The lowest BCUT2D eigenvalue weighted by Gasteiger charge is -2.40. The quantitative estimate of drug-likeness (QED) is 0.0261. The van der Waals surface area contributed by atoms with Gasteiger partial charge in [0.05, 0.1) is 25.4 Å². The molecule has 7 unspecified atom stereocenters. The van der Waals surface area contributed by atoms with E-state index < -0.39 is 49.5 Å². The van der Waals surface area contributed by atoms with Crippen molar-refractivity contribution in [1.82, 2.24) is 5.32 Å². The van der Waals surface area contributed by atoms with Gasteiger partial charge >= 0.3 is 0 Å². The van der Waals surface area contributed by atoms with Gasteiger partial charge in [0.15, 0.2) is 6.29 Å². The van der Waals surface area contributed by atoms with Crippen LogP contribution in [0.2, 0.25) is 0 Å². The highest BCUT2D eigenvalue weighted by Crippen LogP contribution is 2.23. The number of ether oxygens (including phenoxy) is 2. The summed E-state index contributed by atoms with van der Waals surface area (Å²) in [5.74, 6) is -0.178. The predicted octanol–water partition coefficient (Wildman–Crippen LogP) is 18.1. The summed E-state index contributed by atoms with van der Waals surface area (Å²) in [4.78, 5) is 13.1. The van der Waals surface area contributed by atoms with Crippen molar-refractivity contribution in [1.29, 1.82) is 0 Å². The molecular formula is C68H131NO8. The zero-order chi connectivity index (χ0) is 55.8. The molecule has 0 aromatic heterocycles. The molecule has 0 aromatic rings. The van der Waals surface area contributed by atoms with E-state index in [9.17, 15) is 30.3 Å². The van der Waals surface area contributed by atoms with Gasteiger partial charge in [-0.2, -0.15) is 0 Å². The van der Waals surface area contributed by atoms with Crippen molar-refractivity contribution in [2.75, 3.05) is 13.2 Å². The third kappa shape index (κ3) is 46.9. The molecule has 1 amide bonds.